The molecule has 1 N–H and O–H groups in total. The van der Waals surface area contributed by atoms with Crippen LogP contribution in [0, 0.1) is 5.92 Å². The van der Waals surface area contributed by atoms with Gasteiger partial charge in [-0.25, -0.2) is 8.42 Å². The molecule has 0 aliphatic carbocycles. The Bertz CT molecular complexity index is 748. The van der Waals surface area contributed by atoms with E-state index in [0.29, 0.717) is 6.42 Å². The fourth-order valence-electron chi connectivity index (χ4n) is 3.17. The molecule has 0 radical (unpaired) electrons. The molecule has 2 aromatic carbocycles. The van der Waals surface area contributed by atoms with Crippen molar-refractivity contribution in [2.24, 2.45) is 5.92 Å². The summed E-state index contributed by atoms with van der Waals surface area (Å²) in [4.78, 5) is 12.5. The minimum absolute atomic E-state index is 0.0674. The molecule has 4 nitrogen and oxygen atoms in total. The molecule has 0 spiro atoms. The van der Waals surface area contributed by atoms with Crippen molar-refractivity contribution in [3.05, 3.63) is 71.8 Å². The molecule has 1 aliphatic heterocycles. The van der Waals surface area contributed by atoms with Gasteiger partial charge >= 0.3 is 0 Å². The van der Waals surface area contributed by atoms with E-state index in [1.54, 1.807) is 0 Å². The van der Waals surface area contributed by atoms with E-state index in [1.807, 2.05) is 60.7 Å². The molecule has 1 atom stereocenters. The fraction of sp³-hybridized carbons (Fsp3) is 0.316. The predicted octanol–water partition coefficient (Wildman–Crippen LogP) is 2.72. The van der Waals surface area contributed by atoms with Crippen molar-refractivity contribution in [1.82, 2.24) is 5.32 Å². The summed E-state index contributed by atoms with van der Waals surface area (Å²) in [6.45, 7) is 0. The summed E-state index contributed by atoms with van der Waals surface area (Å²) in [6.07, 6.45) is 0.840. The highest BCUT2D eigenvalue weighted by Gasteiger charge is 2.30. The zero-order valence-corrected chi connectivity index (χ0v) is 14.2. The first-order valence-corrected chi connectivity index (χ1v) is 9.95. The number of rotatable bonds is 5. The second kappa shape index (κ2) is 7.18. The maximum Gasteiger partial charge on any atom is 0.221 e. The van der Waals surface area contributed by atoms with Gasteiger partial charge in [0, 0.05) is 6.42 Å². The Hall–Kier alpha value is -2.14. The number of benzene rings is 2. The largest absolute Gasteiger partial charge is 0.345 e. The molecule has 0 saturated carbocycles. The van der Waals surface area contributed by atoms with Gasteiger partial charge in [-0.2, -0.15) is 0 Å². The molecule has 3 rings (SSSR count). The average Bonchev–Trinajstić information content (AvgIpc) is 2.93. The summed E-state index contributed by atoms with van der Waals surface area (Å²) in [7, 11) is -2.95. The lowest BCUT2D eigenvalue weighted by Crippen LogP contribution is -2.31. The first kappa shape index (κ1) is 16.7. The molecule has 1 saturated heterocycles. The summed E-state index contributed by atoms with van der Waals surface area (Å²) in [6, 6.07) is 19.4. The second-order valence-electron chi connectivity index (χ2n) is 6.30. The van der Waals surface area contributed by atoms with Crippen molar-refractivity contribution in [2.45, 2.75) is 18.9 Å². The van der Waals surface area contributed by atoms with Gasteiger partial charge in [0.25, 0.3) is 0 Å². The SMILES string of the molecule is O=C(C[C@H]1CCS(=O)(=O)C1)NC(c1ccccc1)c1ccccc1. The summed E-state index contributed by atoms with van der Waals surface area (Å²) in [5.41, 5.74) is 2.02. The molecular weight excluding hydrogens is 322 g/mol. The molecule has 1 aliphatic rings. The topological polar surface area (TPSA) is 63.2 Å². The van der Waals surface area contributed by atoms with Crippen LogP contribution in [0.15, 0.2) is 60.7 Å². The average molecular weight is 343 g/mol. The maximum absolute atomic E-state index is 12.5. The highest BCUT2D eigenvalue weighted by atomic mass is 32.2. The summed E-state index contributed by atoms with van der Waals surface area (Å²) in [5.74, 6) is 0.157. The highest BCUT2D eigenvalue weighted by molar-refractivity contribution is 7.91. The van der Waals surface area contributed by atoms with E-state index in [9.17, 15) is 13.2 Å². The first-order chi connectivity index (χ1) is 11.5. The van der Waals surface area contributed by atoms with Gasteiger partial charge in [0.05, 0.1) is 17.5 Å². The van der Waals surface area contributed by atoms with Gasteiger partial charge in [0.2, 0.25) is 5.91 Å². The van der Waals surface area contributed by atoms with Crippen LogP contribution in [0.1, 0.15) is 30.0 Å². The molecule has 0 bridgehead atoms. The zero-order valence-electron chi connectivity index (χ0n) is 13.4. The Morgan fingerprint density at radius 2 is 1.54 bits per heavy atom. The van der Waals surface area contributed by atoms with E-state index in [0.717, 1.165) is 11.1 Å². The number of hydrogen-bond acceptors (Lipinski definition) is 3. The van der Waals surface area contributed by atoms with Crippen LogP contribution in [-0.4, -0.2) is 25.8 Å². The number of amides is 1. The standard InChI is InChI=1S/C19H21NO3S/c21-18(13-15-11-12-24(22,23)14-15)20-19(16-7-3-1-4-8-16)17-9-5-2-6-10-17/h1-10,15,19H,11-14H2,(H,20,21)/t15-/m1/s1. The zero-order chi connectivity index (χ0) is 17.0. The minimum atomic E-state index is -2.95. The third kappa shape index (κ3) is 4.23. The Kier molecular flexibility index (Phi) is 5.00. The minimum Gasteiger partial charge on any atom is -0.345 e. The quantitative estimate of drug-likeness (QED) is 0.908. The van der Waals surface area contributed by atoms with Crippen LogP contribution in [0.4, 0.5) is 0 Å². The Morgan fingerprint density at radius 1 is 1.00 bits per heavy atom. The van der Waals surface area contributed by atoms with Crippen LogP contribution in [0.3, 0.4) is 0 Å². The molecule has 0 unspecified atom stereocenters. The smallest absolute Gasteiger partial charge is 0.221 e. The van der Waals surface area contributed by atoms with E-state index >= 15 is 0 Å². The summed E-state index contributed by atoms with van der Waals surface area (Å²) >= 11 is 0. The molecule has 2 aromatic rings. The Morgan fingerprint density at radius 3 is 2.00 bits per heavy atom. The lowest BCUT2D eigenvalue weighted by atomic mass is 9.97. The third-order valence-corrected chi connectivity index (χ3v) is 6.21. The van der Waals surface area contributed by atoms with Crippen molar-refractivity contribution < 1.29 is 13.2 Å². The molecule has 1 heterocycles. The first-order valence-electron chi connectivity index (χ1n) is 8.13. The number of carbonyl (C=O) groups excluding carboxylic acids is 1. The van der Waals surface area contributed by atoms with E-state index in [4.69, 9.17) is 0 Å². The summed E-state index contributed by atoms with van der Waals surface area (Å²) in [5, 5.41) is 3.07. The second-order valence-corrected chi connectivity index (χ2v) is 8.52. The molecule has 24 heavy (non-hydrogen) atoms. The number of hydrogen-bond donors (Lipinski definition) is 1. The van der Waals surface area contributed by atoms with Crippen molar-refractivity contribution in [3.8, 4) is 0 Å². The summed E-state index contributed by atoms with van der Waals surface area (Å²) < 4.78 is 23.1. The van der Waals surface area contributed by atoms with Crippen LogP contribution in [0.2, 0.25) is 0 Å². The van der Waals surface area contributed by atoms with E-state index < -0.39 is 9.84 Å². The van der Waals surface area contributed by atoms with Crippen LogP contribution >= 0.6 is 0 Å². The lowest BCUT2D eigenvalue weighted by Gasteiger charge is -2.20. The van der Waals surface area contributed by atoms with Crippen molar-refractivity contribution >= 4 is 15.7 Å². The van der Waals surface area contributed by atoms with E-state index in [-0.39, 0.29) is 35.8 Å². The van der Waals surface area contributed by atoms with Crippen molar-refractivity contribution in [1.29, 1.82) is 0 Å². The number of sulfone groups is 1. The van der Waals surface area contributed by atoms with Gasteiger partial charge in [-0.3, -0.25) is 4.79 Å². The molecule has 1 amide bonds. The predicted molar refractivity (Wildman–Crippen MR) is 94.2 cm³/mol. The molecule has 0 aromatic heterocycles. The number of carbonyl (C=O) groups is 1. The van der Waals surface area contributed by atoms with Crippen LogP contribution in [-0.2, 0) is 14.6 Å². The van der Waals surface area contributed by atoms with Gasteiger partial charge < -0.3 is 5.32 Å². The maximum atomic E-state index is 12.5. The lowest BCUT2D eigenvalue weighted by molar-refractivity contribution is -0.122. The normalized spacial score (nSPS) is 19.3. The molecule has 126 valence electrons. The van der Waals surface area contributed by atoms with Crippen LogP contribution in [0.25, 0.3) is 0 Å². The van der Waals surface area contributed by atoms with Gasteiger partial charge in [0.1, 0.15) is 0 Å². The van der Waals surface area contributed by atoms with Crippen LogP contribution in [0.5, 0.6) is 0 Å². The molecule has 1 fully saturated rings. The highest BCUT2D eigenvalue weighted by Crippen LogP contribution is 2.24. The Labute approximate surface area is 142 Å². The van der Waals surface area contributed by atoms with Crippen molar-refractivity contribution in [2.75, 3.05) is 11.5 Å². The van der Waals surface area contributed by atoms with Gasteiger partial charge in [-0.05, 0) is 23.5 Å². The van der Waals surface area contributed by atoms with Gasteiger partial charge in [0.15, 0.2) is 9.84 Å². The van der Waals surface area contributed by atoms with Crippen molar-refractivity contribution in [3.63, 3.8) is 0 Å². The fourth-order valence-corrected chi connectivity index (χ4v) is 5.03. The van der Waals surface area contributed by atoms with Gasteiger partial charge in [-0.15, -0.1) is 0 Å². The third-order valence-electron chi connectivity index (χ3n) is 4.37. The monoisotopic (exact) mass is 343 g/mol. The number of nitrogens with one attached hydrogen (secondary N) is 1. The molecule has 5 heteroatoms. The van der Waals surface area contributed by atoms with Crippen LogP contribution < -0.4 is 5.32 Å². The Balaban J connectivity index is 1.74. The van der Waals surface area contributed by atoms with Gasteiger partial charge in [-0.1, -0.05) is 60.7 Å². The van der Waals surface area contributed by atoms with E-state index in [1.165, 1.54) is 0 Å². The van der Waals surface area contributed by atoms with E-state index in [2.05, 4.69) is 5.32 Å². The molecular formula is C19H21NO3S.